The van der Waals surface area contributed by atoms with E-state index in [-0.39, 0.29) is 36.1 Å². The van der Waals surface area contributed by atoms with E-state index in [4.69, 9.17) is 0 Å². The number of fused-ring (bicyclic) bond motifs is 3. The molecule has 0 radical (unpaired) electrons. The first-order chi connectivity index (χ1) is 24.2. The van der Waals surface area contributed by atoms with Crippen molar-refractivity contribution >= 4 is 35.1 Å². The molecule has 2 aromatic carbocycles. The van der Waals surface area contributed by atoms with Crippen LogP contribution < -0.4 is 21.3 Å². The minimum atomic E-state index is -0.696. The van der Waals surface area contributed by atoms with Crippen molar-refractivity contribution in [2.24, 2.45) is 11.3 Å². The minimum Gasteiger partial charge on any atom is -0.342 e. The molecular formula is C39H47N7O4. The zero-order valence-electron chi connectivity index (χ0n) is 29.0. The van der Waals surface area contributed by atoms with Crippen molar-refractivity contribution in [3.05, 3.63) is 88.6 Å². The van der Waals surface area contributed by atoms with E-state index >= 15 is 0 Å². The number of benzene rings is 2. The highest BCUT2D eigenvalue weighted by Gasteiger charge is 2.51. The largest absolute Gasteiger partial charge is 0.342 e. The maximum Gasteiger partial charge on any atom is 0.244 e. The molecule has 0 saturated carbocycles. The molecule has 11 nitrogen and oxygen atoms in total. The summed E-state index contributed by atoms with van der Waals surface area (Å²) in [5.74, 6) is 0.466. The van der Waals surface area contributed by atoms with Crippen LogP contribution in [0.2, 0.25) is 0 Å². The molecule has 2 saturated heterocycles. The maximum atomic E-state index is 14.5. The quantitative estimate of drug-likeness (QED) is 0.273. The average molecular weight is 678 g/mol. The number of anilines is 2. The lowest BCUT2D eigenvalue weighted by Crippen LogP contribution is -2.52. The number of nitrogens with zero attached hydrogens (tertiary/aromatic N) is 3. The predicted octanol–water partition coefficient (Wildman–Crippen LogP) is 3.39. The van der Waals surface area contributed by atoms with Crippen molar-refractivity contribution in [2.45, 2.75) is 64.0 Å². The molecule has 4 aliphatic rings. The Morgan fingerprint density at radius 1 is 0.980 bits per heavy atom. The molecule has 2 fully saturated rings. The summed E-state index contributed by atoms with van der Waals surface area (Å²) in [5, 5.41) is 12.5. The number of nitrogens with one attached hydrogen (secondary N) is 4. The molecule has 262 valence electrons. The summed E-state index contributed by atoms with van der Waals surface area (Å²) in [6.45, 7) is 5.62. The second-order valence-electron chi connectivity index (χ2n) is 14.7. The van der Waals surface area contributed by atoms with Gasteiger partial charge >= 0.3 is 0 Å². The van der Waals surface area contributed by atoms with Gasteiger partial charge in [0.1, 0.15) is 12.4 Å². The van der Waals surface area contributed by atoms with Crippen LogP contribution in [0.25, 0.3) is 0 Å². The zero-order valence-corrected chi connectivity index (χ0v) is 29.0. The van der Waals surface area contributed by atoms with E-state index < -0.39 is 10.8 Å². The van der Waals surface area contributed by atoms with Crippen LogP contribution >= 0.6 is 0 Å². The Hall–Kier alpha value is -4.61. The van der Waals surface area contributed by atoms with E-state index in [0.29, 0.717) is 63.4 Å². The number of rotatable bonds is 9. The third kappa shape index (κ3) is 6.52. The van der Waals surface area contributed by atoms with E-state index in [2.05, 4.69) is 26.3 Å². The van der Waals surface area contributed by atoms with Gasteiger partial charge in [-0.25, -0.2) is 4.98 Å². The summed E-state index contributed by atoms with van der Waals surface area (Å²) in [6, 6.07) is 17.6. The van der Waals surface area contributed by atoms with Gasteiger partial charge in [-0.15, -0.1) is 0 Å². The molecule has 1 aromatic heterocycles. The molecule has 1 aliphatic carbocycles. The minimum absolute atomic E-state index is 0.0457. The molecule has 3 aromatic rings. The van der Waals surface area contributed by atoms with Gasteiger partial charge in [-0.05, 0) is 99.1 Å². The van der Waals surface area contributed by atoms with Crippen LogP contribution in [0.4, 0.5) is 11.5 Å². The number of pyridine rings is 1. The number of carbonyl (C=O) groups excluding carboxylic acids is 4. The van der Waals surface area contributed by atoms with Crippen LogP contribution in [-0.2, 0) is 50.5 Å². The average Bonchev–Trinajstić information content (AvgIpc) is 3.65. The topological polar surface area (TPSA) is 136 Å². The van der Waals surface area contributed by atoms with Crippen molar-refractivity contribution in [1.29, 1.82) is 0 Å². The maximum absolute atomic E-state index is 14.5. The van der Waals surface area contributed by atoms with Crippen LogP contribution in [0.3, 0.4) is 0 Å². The first-order valence-corrected chi connectivity index (χ1v) is 17.9. The Bertz CT molecular complexity index is 1800. The Labute approximate surface area is 293 Å². The smallest absolute Gasteiger partial charge is 0.244 e. The third-order valence-corrected chi connectivity index (χ3v) is 11.3. The summed E-state index contributed by atoms with van der Waals surface area (Å²) in [7, 11) is 1.89. The number of amides is 4. The number of hydrogen-bond donors (Lipinski definition) is 4. The lowest BCUT2D eigenvalue weighted by Gasteiger charge is -2.42. The van der Waals surface area contributed by atoms with Gasteiger partial charge in [0.05, 0.1) is 5.41 Å². The van der Waals surface area contributed by atoms with E-state index in [1.807, 2.05) is 73.5 Å². The molecule has 4 heterocycles. The highest BCUT2D eigenvalue weighted by atomic mass is 16.2. The van der Waals surface area contributed by atoms with Crippen molar-refractivity contribution in [3.63, 3.8) is 0 Å². The fraction of sp³-hybridized carbons (Fsp3) is 0.462. The van der Waals surface area contributed by atoms with Crippen molar-refractivity contribution in [3.8, 4) is 0 Å². The summed E-state index contributed by atoms with van der Waals surface area (Å²) in [4.78, 5) is 62.6. The molecule has 3 aliphatic heterocycles. The highest BCUT2D eigenvalue weighted by molar-refractivity contribution is 6.06. The molecule has 0 unspecified atom stereocenters. The van der Waals surface area contributed by atoms with Crippen LogP contribution in [-0.4, -0.2) is 78.2 Å². The summed E-state index contributed by atoms with van der Waals surface area (Å²) in [5.41, 5.74) is 4.30. The van der Waals surface area contributed by atoms with Gasteiger partial charge in [0.25, 0.3) is 0 Å². The van der Waals surface area contributed by atoms with Gasteiger partial charge in [-0.1, -0.05) is 43.3 Å². The fourth-order valence-corrected chi connectivity index (χ4v) is 8.34. The lowest BCUT2D eigenvalue weighted by molar-refractivity contribution is -0.150. The standard InChI is InChI=1S/C39H47N7O4/c1-38(13-18-45(19-14-38)35(48)26-11-16-41-17-12-26)37(50)46(24-29-7-4-3-6-28(29)23-40-2)25-33(47)43-31-10-9-27-21-39(22-30(27)20-31)32-8-5-15-42-34(32)44-36(39)49/h3-10,15,20,26,40-41H,11-14,16-19,21-25H2,1-2H3,(H,43,47)(H,42,44,49)/t39-/m1/s1. The summed E-state index contributed by atoms with van der Waals surface area (Å²) >= 11 is 0. The fourth-order valence-electron chi connectivity index (χ4n) is 8.34. The molecule has 4 amide bonds. The SMILES string of the molecule is CNCc1ccccc1CN(CC(=O)Nc1ccc2c(c1)C[C@@]1(C2)C(=O)Nc2ncccc21)C(=O)C1(C)CCN(C(=O)C2CCNCC2)CC1. The second kappa shape index (κ2) is 14.0. The van der Waals surface area contributed by atoms with Gasteiger partial charge < -0.3 is 31.1 Å². The van der Waals surface area contributed by atoms with Crippen molar-refractivity contribution < 1.29 is 19.2 Å². The predicted molar refractivity (Wildman–Crippen MR) is 191 cm³/mol. The second-order valence-corrected chi connectivity index (χ2v) is 14.7. The van der Waals surface area contributed by atoms with E-state index in [0.717, 1.165) is 53.7 Å². The number of piperidine rings is 2. The number of aromatic nitrogens is 1. The van der Waals surface area contributed by atoms with Gasteiger partial charge in [0.2, 0.25) is 23.6 Å². The van der Waals surface area contributed by atoms with Crippen LogP contribution in [0.1, 0.15) is 60.4 Å². The lowest BCUT2D eigenvalue weighted by atomic mass is 9.78. The molecule has 0 bridgehead atoms. The molecular weight excluding hydrogens is 630 g/mol. The van der Waals surface area contributed by atoms with Crippen molar-refractivity contribution in [1.82, 2.24) is 25.4 Å². The van der Waals surface area contributed by atoms with E-state index in [1.165, 1.54) is 0 Å². The van der Waals surface area contributed by atoms with Crippen LogP contribution in [0.5, 0.6) is 0 Å². The monoisotopic (exact) mass is 677 g/mol. The Morgan fingerprint density at radius 3 is 2.48 bits per heavy atom. The normalized spacial score (nSPS) is 21.0. The first kappa shape index (κ1) is 33.9. The van der Waals surface area contributed by atoms with Gasteiger partial charge in [-0.2, -0.15) is 0 Å². The van der Waals surface area contributed by atoms with Gasteiger partial charge in [-0.3, -0.25) is 19.2 Å². The van der Waals surface area contributed by atoms with Crippen molar-refractivity contribution in [2.75, 3.05) is 50.4 Å². The zero-order chi connectivity index (χ0) is 34.9. The number of carbonyl (C=O) groups is 4. The first-order valence-electron chi connectivity index (χ1n) is 17.9. The third-order valence-electron chi connectivity index (χ3n) is 11.3. The van der Waals surface area contributed by atoms with Crippen LogP contribution in [0, 0.1) is 11.3 Å². The Kier molecular flexibility index (Phi) is 9.45. The molecule has 11 heteroatoms. The van der Waals surface area contributed by atoms with E-state index in [9.17, 15) is 19.2 Å². The summed E-state index contributed by atoms with van der Waals surface area (Å²) < 4.78 is 0. The molecule has 1 atom stereocenters. The number of hydrogen-bond acceptors (Lipinski definition) is 7. The molecule has 4 N–H and O–H groups in total. The molecule has 1 spiro atoms. The highest BCUT2D eigenvalue weighted by Crippen LogP contribution is 2.47. The summed E-state index contributed by atoms with van der Waals surface area (Å²) in [6.07, 6.45) is 5.60. The van der Waals surface area contributed by atoms with Gasteiger partial charge in [0.15, 0.2) is 0 Å². The van der Waals surface area contributed by atoms with Gasteiger partial charge in [0, 0.05) is 55.0 Å². The Morgan fingerprint density at radius 2 is 1.72 bits per heavy atom. The van der Waals surface area contributed by atoms with E-state index in [1.54, 1.807) is 11.1 Å². The number of likely N-dealkylation sites (tertiary alicyclic amines) is 1. The Balaban J connectivity index is 1.06. The van der Waals surface area contributed by atoms with Crippen LogP contribution in [0.15, 0.2) is 60.8 Å². The molecule has 50 heavy (non-hydrogen) atoms. The molecule has 7 rings (SSSR count).